The Bertz CT molecular complexity index is 547. The van der Waals surface area contributed by atoms with E-state index in [1.165, 1.54) is 6.07 Å². The van der Waals surface area contributed by atoms with E-state index in [4.69, 9.17) is 0 Å². The first kappa shape index (κ1) is 15.4. The molecule has 1 aromatic carbocycles. The summed E-state index contributed by atoms with van der Waals surface area (Å²) in [7, 11) is 0. The van der Waals surface area contributed by atoms with Crippen molar-refractivity contribution in [3.63, 3.8) is 0 Å². The highest BCUT2D eigenvalue weighted by Gasteiger charge is 2.57. The second kappa shape index (κ2) is 5.79. The summed E-state index contributed by atoms with van der Waals surface area (Å²) < 4.78 is 27.1. The third-order valence-corrected chi connectivity index (χ3v) is 3.85. The smallest absolute Gasteiger partial charge is 0.240 e. The highest BCUT2D eigenvalue weighted by Crippen LogP contribution is 2.48. The van der Waals surface area contributed by atoms with E-state index in [1.807, 2.05) is 13.8 Å². The highest BCUT2D eigenvalue weighted by molar-refractivity contribution is 6.13. The van der Waals surface area contributed by atoms with Crippen LogP contribution in [-0.2, 0) is 9.59 Å². The van der Waals surface area contributed by atoms with Crippen molar-refractivity contribution in [2.45, 2.75) is 26.7 Å². The molecule has 1 aliphatic rings. The molecule has 1 aliphatic carbocycles. The van der Waals surface area contributed by atoms with Gasteiger partial charge in [-0.1, -0.05) is 6.07 Å². The summed E-state index contributed by atoms with van der Waals surface area (Å²) in [6.07, 6.45) is 0.814. The van der Waals surface area contributed by atoms with Crippen LogP contribution in [0, 0.1) is 17.0 Å². The van der Waals surface area contributed by atoms with Gasteiger partial charge in [-0.05, 0) is 38.8 Å². The highest BCUT2D eigenvalue weighted by atomic mass is 19.1. The molecule has 0 saturated heterocycles. The Hall–Kier alpha value is -1.98. The third-order valence-electron chi connectivity index (χ3n) is 3.85. The average Bonchev–Trinajstić information content (AvgIpc) is 3.25. The van der Waals surface area contributed by atoms with Crippen LogP contribution in [0.3, 0.4) is 0 Å². The molecule has 114 valence electrons. The van der Waals surface area contributed by atoms with Crippen molar-refractivity contribution in [2.75, 3.05) is 18.4 Å². The molecular weight excluding hydrogens is 278 g/mol. The standard InChI is InChI=1S/C15H18F2N2O2/c1-3-19(4-2)14(21)15(8-9-15)13(20)18-12-10(16)6-5-7-11(12)17/h5-7H,3-4,8-9H2,1-2H3,(H,18,20). The number of carbonyl (C=O) groups excluding carboxylic acids is 2. The Morgan fingerprint density at radius 3 is 2.14 bits per heavy atom. The van der Waals surface area contributed by atoms with Crippen LogP contribution in [-0.4, -0.2) is 29.8 Å². The lowest BCUT2D eigenvalue weighted by Crippen LogP contribution is -2.43. The van der Waals surface area contributed by atoms with E-state index in [0.29, 0.717) is 25.9 Å². The minimum absolute atomic E-state index is 0.276. The number of nitrogens with zero attached hydrogens (tertiary/aromatic N) is 1. The quantitative estimate of drug-likeness (QED) is 0.849. The summed E-state index contributed by atoms with van der Waals surface area (Å²) in [5.41, 5.74) is -1.66. The first-order valence-corrected chi connectivity index (χ1v) is 7.01. The molecule has 1 N–H and O–H groups in total. The zero-order valence-corrected chi connectivity index (χ0v) is 12.1. The molecular formula is C15H18F2N2O2. The molecule has 0 atom stereocenters. The number of carbonyl (C=O) groups is 2. The van der Waals surface area contributed by atoms with Gasteiger partial charge in [-0.3, -0.25) is 9.59 Å². The van der Waals surface area contributed by atoms with E-state index >= 15 is 0 Å². The van der Waals surface area contributed by atoms with Gasteiger partial charge in [0.2, 0.25) is 11.8 Å². The van der Waals surface area contributed by atoms with Gasteiger partial charge in [-0.25, -0.2) is 8.78 Å². The molecule has 2 amide bonds. The minimum atomic E-state index is -1.17. The molecule has 0 aliphatic heterocycles. The summed E-state index contributed by atoms with van der Waals surface area (Å²) >= 11 is 0. The van der Waals surface area contributed by atoms with Gasteiger partial charge in [-0.2, -0.15) is 0 Å². The zero-order chi connectivity index (χ0) is 15.6. The topological polar surface area (TPSA) is 49.4 Å². The first-order valence-electron chi connectivity index (χ1n) is 7.01. The molecule has 0 unspecified atom stereocenters. The van der Waals surface area contributed by atoms with E-state index in [2.05, 4.69) is 5.32 Å². The molecule has 4 nitrogen and oxygen atoms in total. The number of rotatable bonds is 5. The summed E-state index contributed by atoms with van der Waals surface area (Å²) in [6, 6.07) is 3.34. The maximum atomic E-state index is 13.6. The normalized spacial score (nSPS) is 15.4. The van der Waals surface area contributed by atoms with Gasteiger partial charge in [0.25, 0.3) is 0 Å². The van der Waals surface area contributed by atoms with E-state index in [-0.39, 0.29) is 5.91 Å². The van der Waals surface area contributed by atoms with E-state index in [1.54, 1.807) is 4.90 Å². The lowest BCUT2D eigenvalue weighted by molar-refractivity contribution is -0.142. The van der Waals surface area contributed by atoms with Crippen molar-refractivity contribution in [2.24, 2.45) is 5.41 Å². The van der Waals surface area contributed by atoms with Gasteiger partial charge < -0.3 is 10.2 Å². The molecule has 0 bridgehead atoms. The Balaban J connectivity index is 2.19. The maximum absolute atomic E-state index is 13.6. The lowest BCUT2D eigenvalue weighted by atomic mass is 10.0. The SMILES string of the molecule is CCN(CC)C(=O)C1(C(=O)Nc2c(F)cccc2F)CC1. The first-order chi connectivity index (χ1) is 9.96. The molecule has 0 aromatic heterocycles. The number of nitrogens with one attached hydrogen (secondary N) is 1. The van der Waals surface area contributed by atoms with Gasteiger partial charge in [-0.15, -0.1) is 0 Å². The van der Waals surface area contributed by atoms with Crippen LogP contribution < -0.4 is 5.32 Å². The van der Waals surface area contributed by atoms with Gasteiger partial charge in [0.05, 0.1) is 0 Å². The van der Waals surface area contributed by atoms with Crippen LogP contribution in [0.1, 0.15) is 26.7 Å². The number of hydrogen-bond acceptors (Lipinski definition) is 2. The number of benzene rings is 1. The van der Waals surface area contributed by atoms with Crippen LogP contribution in [0.15, 0.2) is 18.2 Å². The zero-order valence-electron chi connectivity index (χ0n) is 12.1. The molecule has 0 spiro atoms. The summed E-state index contributed by atoms with van der Waals surface area (Å²) in [5.74, 6) is -2.62. The number of halogens is 2. The van der Waals surface area contributed by atoms with Crippen molar-refractivity contribution >= 4 is 17.5 Å². The molecule has 6 heteroatoms. The van der Waals surface area contributed by atoms with Gasteiger partial charge >= 0.3 is 0 Å². The van der Waals surface area contributed by atoms with E-state index < -0.39 is 28.6 Å². The predicted molar refractivity (Wildman–Crippen MR) is 74.6 cm³/mol. The second-order valence-electron chi connectivity index (χ2n) is 5.11. The van der Waals surface area contributed by atoms with Crippen molar-refractivity contribution in [3.05, 3.63) is 29.8 Å². The Kier molecular flexibility index (Phi) is 4.25. The van der Waals surface area contributed by atoms with Crippen LogP contribution in [0.4, 0.5) is 14.5 Å². The van der Waals surface area contributed by atoms with Crippen molar-refractivity contribution < 1.29 is 18.4 Å². The van der Waals surface area contributed by atoms with Crippen molar-refractivity contribution in [1.82, 2.24) is 4.90 Å². The van der Waals surface area contributed by atoms with Gasteiger partial charge in [0, 0.05) is 13.1 Å². The van der Waals surface area contributed by atoms with Crippen LogP contribution in [0.25, 0.3) is 0 Å². The fourth-order valence-electron chi connectivity index (χ4n) is 2.33. The third kappa shape index (κ3) is 2.75. The minimum Gasteiger partial charge on any atom is -0.342 e. The van der Waals surface area contributed by atoms with E-state index in [0.717, 1.165) is 12.1 Å². The molecule has 21 heavy (non-hydrogen) atoms. The lowest BCUT2D eigenvalue weighted by Gasteiger charge is -2.24. The monoisotopic (exact) mass is 296 g/mol. The Morgan fingerprint density at radius 1 is 1.19 bits per heavy atom. The maximum Gasteiger partial charge on any atom is 0.240 e. The fourth-order valence-corrected chi connectivity index (χ4v) is 2.33. The molecule has 1 aromatic rings. The molecule has 2 rings (SSSR count). The molecule has 1 fully saturated rings. The summed E-state index contributed by atoms with van der Waals surface area (Å²) in [6.45, 7) is 4.65. The average molecular weight is 296 g/mol. The van der Waals surface area contributed by atoms with Gasteiger partial charge in [0.15, 0.2) is 0 Å². The largest absolute Gasteiger partial charge is 0.342 e. The Labute approximate surface area is 122 Å². The molecule has 0 heterocycles. The molecule has 0 radical (unpaired) electrons. The number of amides is 2. The number of hydrogen-bond donors (Lipinski definition) is 1. The van der Waals surface area contributed by atoms with Crippen molar-refractivity contribution in [1.29, 1.82) is 0 Å². The predicted octanol–water partition coefficient (Wildman–Crippen LogP) is 2.55. The van der Waals surface area contributed by atoms with Gasteiger partial charge in [0.1, 0.15) is 22.7 Å². The van der Waals surface area contributed by atoms with E-state index in [9.17, 15) is 18.4 Å². The van der Waals surface area contributed by atoms with Crippen LogP contribution in [0.2, 0.25) is 0 Å². The summed E-state index contributed by atoms with van der Waals surface area (Å²) in [5, 5.41) is 2.23. The Morgan fingerprint density at radius 2 is 1.71 bits per heavy atom. The van der Waals surface area contributed by atoms with Crippen LogP contribution >= 0.6 is 0 Å². The molecule has 1 saturated carbocycles. The fraction of sp³-hybridized carbons (Fsp3) is 0.467. The second-order valence-corrected chi connectivity index (χ2v) is 5.11. The number of anilines is 1. The summed E-state index contributed by atoms with van der Waals surface area (Å²) in [4.78, 5) is 26.2. The number of para-hydroxylation sites is 1. The van der Waals surface area contributed by atoms with Crippen LogP contribution in [0.5, 0.6) is 0 Å². The van der Waals surface area contributed by atoms with Crippen molar-refractivity contribution in [3.8, 4) is 0 Å².